The summed E-state index contributed by atoms with van der Waals surface area (Å²) in [5.74, 6) is 2.41. The maximum Gasteiger partial charge on any atom is 0.169 e. The van der Waals surface area contributed by atoms with Crippen LogP contribution in [0.25, 0.3) is 10.2 Å². The summed E-state index contributed by atoms with van der Waals surface area (Å²) in [7, 11) is 1.87. The summed E-state index contributed by atoms with van der Waals surface area (Å²) in [6, 6.07) is 8.18. The monoisotopic (exact) mass is 299 g/mol. The average Bonchev–Trinajstić information content (AvgIpc) is 2.93. The zero-order valence-corrected chi connectivity index (χ0v) is 13.1. The first kappa shape index (κ1) is 13.8. The quantitative estimate of drug-likeness (QED) is 0.793. The van der Waals surface area contributed by atoms with Gasteiger partial charge < -0.3 is 10.1 Å². The molecule has 2 heterocycles. The molecular formula is C16H17N3OS. The Balaban J connectivity index is 1.84. The fourth-order valence-electron chi connectivity index (χ4n) is 2.26. The van der Waals surface area contributed by atoms with Gasteiger partial charge in [0.2, 0.25) is 0 Å². The van der Waals surface area contributed by atoms with Gasteiger partial charge in [-0.05, 0) is 36.9 Å². The summed E-state index contributed by atoms with van der Waals surface area (Å²) in [4.78, 5) is 10.0. The van der Waals surface area contributed by atoms with Gasteiger partial charge >= 0.3 is 0 Å². The van der Waals surface area contributed by atoms with Gasteiger partial charge in [0.1, 0.15) is 23.0 Å². The van der Waals surface area contributed by atoms with Crippen molar-refractivity contribution < 1.29 is 4.74 Å². The molecule has 0 saturated heterocycles. The van der Waals surface area contributed by atoms with Crippen LogP contribution in [0.15, 0.2) is 29.6 Å². The van der Waals surface area contributed by atoms with Crippen molar-refractivity contribution in [3.8, 4) is 5.75 Å². The Labute approximate surface area is 127 Å². The largest absolute Gasteiger partial charge is 0.485 e. The van der Waals surface area contributed by atoms with Crippen LogP contribution in [0.5, 0.6) is 5.75 Å². The Morgan fingerprint density at radius 3 is 2.81 bits per heavy atom. The number of hydrogen-bond acceptors (Lipinski definition) is 5. The zero-order valence-electron chi connectivity index (χ0n) is 12.3. The van der Waals surface area contributed by atoms with Crippen LogP contribution in [0.2, 0.25) is 0 Å². The standard InChI is InChI=1S/C16H17N3OS/c1-10-4-5-13(11(2)8-10)20-9-14-18-15(17-3)12-6-7-21-16(12)19-14/h4-8H,9H2,1-3H3,(H,17,18,19). The number of rotatable bonds is 4. The van der Waals surface area contributed by atoms with Crippen molar-refractivity contribution in [2.24, 2.45) is 0 Å². The average molecular weight is 299 g/mol. The number of fused-ring (bicyclic) bond motifs is 1. The predicted octanol–water partition coefficient (Wildman–Crippen LogP) is 3.93. The molecule has 108 valence electrons. The Morgan fingerprint density at radius 1 is 1.19 bits per heavy atom. The second kappa shape index (κ2) is 5.69. The van der Waals surface area contributed by atoms with Crippen LogP contribution < -0.4 is 10.1 Å². The molecule has 0 aliphatic heterocycles. The van der Waals surface area contributed by atoms with Gasteiger partial charge in [-0.25, -0.2) is 9.97 Å². The molecule has 0 spiro atoms. The van der Waals surface area contributed by atoms with E-state index in [1.807, 2.05) is 37.6 Å². The Bertz CT molecular complexity index is 782. The van der Waals surface area contributed by atoms with E-state index >= 15 is 0 Å². The number of aromatic nitrogens is 2. The van der Waals surface area contributed by atoms with Crippen LogP contribution in [-0.4, -0.2) is 17.0 Å². The van der Waals surface area contributed by atoms with Crippen LogP contribution >= 0.6 is 11.3 Å². The van der Waals surface area contributed by atoms with E-state index in [1.165, 1.54) is 5.56 Å². The van der Waals surface area contributed by atoms with Gasteiger partial charge in [-0.3, -0.25) is 0 Å². The minimum atomic E-state index is 0.367. The molecule has 0 amide bonds. The molecule has 1 aromatic carbocycles. The van der Waals surface area contributed by atoms with Crippen LogP contribution in [0.4, 0.5) is 5.82 Å². The van der Waals surface area contributed by atoms with Gasteiger partial charge in [0.05, 0.1) is 5.39 Å². The van der Waals surface area contributed by atoms with Gasteiger partial charge in [-0.2, -0.15) is 0 Å². The number of benzene rings is 1. The van der Waals surface area contributed by atoms with Crippen molar-refractivity contribution in [3.05, 3.63) is 46.6 Å². The zero-order chi connectivity index (χ0) is 14.8. The maximum absolute atomic E-state index is 5.85. The minimum Gasteiger partial charge on any atom is -0.485 e. The molecular weight excluding hydrogens is 282 g/mol. The summed E-state index contributed by atoms with van der Waals surface area (Å²) in [5, 5.41) is 6.19. The summed E-state index contributed by atoms with van der Waals surface area (Å²) in [6.45, 7) is 4.49. The topological polar surface area (TPSA) is 47.0 Å². The third-order valence-corrected chi connectivity index (χ3v) is 4.10. The smallest absolute Gasteiger partial charge is 0.169 e. The lowest BCUT2D eigenvalue weighted by atomic mass is 10.1. The van der Waals surface area contributed by atoms with Gasteiger partial charge in [0.25, 0.3) is 0 Å². The lowest BCUT2D eigenvalue weighted by Gasteiger charge is -2.10. The number of hydrogen-bond donors (Lipinski definition) is 1. The fourth-order valence-corrected chi connectivity index (χ4v) is 3.04. The summed E-state index contributed by atoms with van der Waals surface area (Å²) < 4.78 is 5.85. The summed E-state index contributed by atoms with van der Waals surface area (Å²) >= 11 is 1.61. The number of anilines is 1. The van der Waals surface area contributed by atoms with Crippen molar-refractivity contribution in [2.75, 3.05) is 12.4 Å². The molecule has 1 N–H and O–H groups in total. The number of nitrogens with zero attached hydrogens (tertiary/aromatic N) is 2. The maximum atomic E-state index is 5.85. The van der Waals surface area contributed by atoms with Crippen LogP contribution in [0.1, 0.15) is 17.0 Å². The first-order chi connectivity index (χ1) is 10.2. The number of aryl methyl sites for hydroxylation is 2. The minimum absolute atomic E-state index is 0.367. The SMILES string of the molecule is CNc1nc(COc2ccc(C)cc2C)nc2sccc12. The molecule has 0 unspecified atom stereocenters. The highest BCUT2D eigenvalue weighted by atomic mass is 32.1. The van der Waals surface area contributed by atoms with E-state index in [2.05, 4.69) is 28.3 Å². The molecule has 0 fully saturated rings. The lowest BCUT2D eigenvalue weighted by Crippen LogP contribution is -2.05. The molecule has 0 aliphatic rings. The third kappa shape index (κ3) is 2.83. The molecule has 3 rings (SSSR count). The number of nitrogens with one attached hydrogen (secondary N) is 1. The molecule has 0 radical (unpaired) electrons. The molecule has 0 aliphatic carbocycles. The van der Waals surface area contributed by atoms with E-state index in [9.17, 15) is 0 Å². The van der Waals surface area contributed by atoms with E-state index in [0.29, 0.717) is 12.4 Å². The van der Waals surface area contributed by atoms with E-state index in [1.54, 1.807) is 11.3 Å². The van der Waals surface area contributed by atoms with E-state index in [-0.39, 0.29) is 0 Å². The van der Waals surface area contributed by atoms with Crippen molar-refractivity contribution in [3.63, 3.8) is 0 Å². The van der Waals surface area contributed by atoms with Crippen molar-refractivity contribution in [1.82, 2.24) is 9.97 Å². The second-order valence-electron chi connectivity index (χ2n) is 4.94. The van der Waals surface area contributed by atoms with Crippen LogP contribution in [0.3, 0.4) is 0 Å². The molecule has 3 aromatic rings. The van der Waals surface area contributed by atoms with Crippen molar-refractivity contribution >= 4 is 27.4 Å². The van der Waals surface area contributed by atoms with Crippen LogP contribution in [-0.2, 0) is 6.61 Å². The van der Waals surface area contributed by atoms with Crippen molar-refractivity contribution in [1.29, 1.82) is 0 Å². The van der Waals surface area contributed by atoms with E-state index in [0.717, 1.165) is 27.3 Å². The Morgan fingerprint density at radius 2 is 2.05 bits per heavy atom. The highest BCUT2D eigenvalue weighted by Gasteiger charge is 2.09. The van der Waals surface area contributed by atoms with Gasteiger partial charge in [0.15, 0.2) is 5.82 Å². The Kier molecular flexibility index (Phi) is 3.75. The molecule has 5 heteroatoms. The number of thiophene rings is 1. The first-order valence-corrected chi connectivity index (χ1v) is 7.67. The van der Waals surface area contributed by atoms with Gasteiger partial charge in [0, 0.05) is 7.05 Å². The molecule has 0 atom stereocenters. The predicted molar refractivity (Wildman–Crippen MR) is 87.2 cm³/mol. The highest BCUT2D eigenvalue weighted by Crippen LogP contribution is 2.25. The second-order valence-corrected chi connectivity index (χ2v) is 5.83. The summed E-state index contributed by atoms with van der Waals surface area (Å²) in [5.41, 5.74) is 2.36. The van der Waals surface area contributed by atoms with Gasteiger partial charge in [-0.15, -0.1) is 11.3 Å². The number of ether oxygens (including phenoxy) is 1. The van der Waals surface area contributed by atoms with Crippen molar-refractivity contribution in [2.45, 2.75) is 20.5 Å². The third-order valence-electron chi connectivity index (χ3n) is 3.30. The Hall–Kier alpha value is -2.14. The lowest BCUT2D eigenvalue weighted by molar-refractivity contribution is 0.294. The van der Waals surface area contributed by atoms with E-state index < -0.39 is 0 Å². The van der Waals surface area contributed by atoms with Crippen LogP contribution in [0, 0.1) is 13.8 Å². The summed E-state index contributed by atoms with van der Waals surface area (Å²) in [6.07, 6.45) is 0. The molecule has 4 nitrogen and oxygen atoms in total. The molecule has 0 saturated carbocycles. The normalized spacial score (nSPS) is 10.8. The molecule has 2 aromatic heterocycles. The first-order valence-electron chi connectivity index (χ1n) is 6.79. The molecule has 0 bridgehead atoms. The van der Waals surface area contributed by atoms with E-state index in [4.69, 9.17) is 4.74 Å². The molecule has 21 heavy (non-hydrogen) atoms. The highest BCUT2D eigenvalue weighted by molar-refractivity contribution is 7.16. The fraction of sp³-hybridized carbons (Fsp3) is 0.250. The van der Waals surface area contributed by atoms with Gasteiger partial charge in [-0.1, -0.05) is 17.7 Å².